The molecule has 0 radical (unpaired) electrons. The van der Waals surface area contributed by atoms with Crippen molar-refractivity contribution >= 4 is 17.1 Å². The molecule has 78 valence electrons. The number of hydrogen-bond acceptors (Lipinski definition) is 0. The zero-order valence-corrected chi connectivity index (χ0v) is 9.30. The van der Waals surface area contributed by atoms with Gasteiger partial charge in [0.15, 0.2) is 0 Å². The van der Waals surface area contributed by atoms with Gasteiger partial charge in [-0.1, -0.05) is 11.6 Å². The summed E-state index contributed by atoms with van der Waals surface area (Å²) in [5.74, 6) is 0. The van der Waals surface area contributed by atoms with Gasteiger partial charge in [-0.25, -0.2) is 0 Å². The van der Waals surface area contributed by atoms with Gasteiger partial charge in [0, 0.05) is 29.4 Å². The standard InChI is InChI=1S/C13H16N2/c1-3-15-12-5-4-9(2)8-11(12)10-6-7-14-13(10)15/h6-8,14H,3-5H2,1-2H3. The highest BCUT2D eigenvalue weighted by molar-refractivity contribution is 5.90. The van der Waals surface area contributed by atoms with Gasteiger partial charge >= 0.3 is 0 Å². The largest absolute Gasteiger partial charge is 0.348 e. The fourth-order valence-corrected chi connectivity index (χ4v) is 2.65. The molecule has 0 fully saturated rings. The number of allylic oxidation sites excluding steroid dienone is 1. The van der Waals surface area contributed by atoms with Crippen LogP contribution in [0.4, 0.5) is 0 Å². The third-order valence-corrected chi connectivity index (χ3v) is 3.39. The van der Waals surface area contributed by atoms with Gasteiger partial charge in [0.1, 0.15) is 5.65 Å². The molecule has 0 bridgehead atoms. The lowest BCUT2D eigenvalue weighted by atomic mass is 9.97. The van der Waals surface area contributed by atoms with Crippen LogP contribution in [-0.2, 0) is 13.0 Å². The van der Waals surface area contributed by atoms with Crippen LogP contribution in [0.2, 0.25) is 0 Å². The first-order valence-electron chi connectivity index (χ1n) is 5.67. The Kier molecular flexibility index (Phi) is 1.78. The van der Waals surface area contributed by atoms with Crippen LogP contribution in [0, 0.1) is 0 Å². The average molecular weight is 200 g/mol. The van der Waals surface area contributed by atoms with Crippen molar-refractivity contribution in [2.24, 2.45) is 0 Å². The number of H-pyrrole nitrogens is 1. The second-order valence-corrected chi connectivity index (χ2v) is 4.34. The smallest absolute Gasteiger partial charge is 0.118 e. The van der Waals surface area contributed by atoms with Gasteiger partial charge < -0.3 is 9.55 Å². The highest BCUT2D eigenvalue weighted by Crippen LogP contribution is 2.32. The van der Waals surface area contributed by atoms with Gasteiger partial charge in [0.05, 0.1) is 0 Å². The monoisotopic (exact) mass is 200 g/mol. The predicted octanol–water partition coefficient (Wildman–Crippen LogP) is 3.34. The van der Waals surface area contributed by atoms with Crippen molar-refractivity contribution in [2.75, 3.05) is 0 Å². The van der Waals surface area contributed by atoms with Crippen molar-refractivity contribution in [1.82, 2.24) is 9.55 Å². The first-order chi connectivity index (χ1) is 7.31. The zero-order valence-electron chi connectivity index (χ0n) is 9.30. The molecule has 0 atom stereocenters. The fourth-order valence-electron chi connectivity index (χ4n) is 2.65. The van der Waals surface area contributed by atoms with Crippen molar-refractivity contribution in [2.45, 2.75) is 33.2 Å². The molecule has 2 heterocycles. The molecular formula is C13H16N2. The third-order valence-electron chi connectivity index (χ3n) is 3.39. The average Bonchev–Trinajstić information content (AvgIpc) is 2.77. The maximum Gasteiger partial charge on any atom is 0.118 e. The van der Waals surface area contributed by atoms with Gasteiger partial charge in [-0.2, -0.15) is 0 Å². The summed E-state index contributed by atoms with van der Waals surface area (Å²) in [6.45, 7) is 5.50. The molecule has 0 spiro atoms. The van der Waals surface area contributed by atoms with Crippen molar-refractivity contribution < 1.29 is 0 Å². The first kappa shape index (κ1) is 8.84. The summed E-state index contributed by atoms with van der Waals surface area (Å²) in [7, 11) is 0. The van der Waals surface area contributed by atoms with Crippen LogP contribution >= 0.6 is 0 Å². The van der Waals surface area contributed by atoms with Crippen LogP contribution in [0.25, 0.3) is 17.1 Å². The number of rotatable bonds is 1. The number of aryl methyl sites for hydroxylation is 1. The van der Waals surface area contributed by atoms with E-state index in [0.717, 1.165) is 6.54 Å². The van der Waals surface area contributed by atoms with Crippen molar-refractivity contribution in [3.8, 4) is 0 Å². The molecule has 0 saturated heterocycles. The highest BCUT2D eigenvalue weighted by Gasteiger charge is 2.18. The summed E-state index contributed by atoms with van der Waals surface area (Å²) in [5, 5.41) is 1.38. The molecule has 0 saturated carbocycles. The van der Waals surface area contributed by atoms with E-state index in [4.69, 9.17) is 0 Å². The minimum Gasteiger partial charge on any atom is -0.348 e. The number of nitrogens with zero attached hydrogens (tertiary/aromatic N) is 1. The van der Waals surface area contributed by atoms with Gasteiger partial charge in [-0.15, -0.1) is 0 Å². The van der Waals surface area contributed by atoms with E-state index in [9.17, 15) is 0 Å². The van der Waals surface area contributed by atoms with Crippen molar-refractivity contribution in [3.63, 3.8) is 0 Å². The number of hydrogen-bond donors (Lipinski definition) is 1. The lowest BCUT2D eigenvalue weighted by molar-refractivity contribution is 0.715. The predicted molar refractivity (Wildman–Crippen MR) is 63.9 cm³/mol. The van der Waals surface area contributed by atoms with Crippen LogP contribution in [0.5, 0.6) is 0 Å². The zero-order chi connectivity index (χ0) is 10.4. The quantitative estimate of drug-likeness (QED) is 0.729. The van der Waals surface area contributed by atoms with Crippen LogP contribution in [0.15, 0.2) is 17.8 Å². The Morgan fingerprint density at radius 2 is 2.27 bits per heavy atom. The maximum absolute atomic E-state index is 3.34. The molecule has 2 nitrogen and oxygen atoms in total. The molecule has 2 aromatic rings. The van der Waals surface area contributed by atoms with E-state index < -0.39 is 0 Å². The third kappa shape index (κ3) is 1.11. The Balaban J connectivity index is 2.38. The molecule has 0 unspecified atom stereocenters. The molecule has 0 aliphatic heterocycles. The van der Waals surface area contributed by atoms with E-state index in [1.165, 1.54) is 40.7 Å². The van der Waals surface area contributed by atoms with E-state index in [1.807, 2.05) is 6.20 Å². The Bertz CT molecular complexity index is 540. The van der Waals surface area contributed by atoms with Crippen LogP contribution in [-0.4, -0.2) is 9.55 Å². The highest BCUT2D eigenvalue weighted by atomic mass is 15.0. The summed E-state index contributed by atoms with van der Waals surface area (Å²) in [6, 6.07) is 2.19. The van der Waals surface area contributed by atoms with Crippen LogP contribution in [0.3, 0.4) is 0 Å². The molecular weight excluding hydrogens is 184 g/mol. The summed E-state index contributed by atoms with van der Waals surface area (Å²) < 4.78 is 2.41. The Labute approximate surface area is 89.6 Å². The minimum atomic E-state index is 1.05. The lowest BCUT2D eigenvalue weighted by Gasteiger charge is -2.13. The van der Waals surface area contributed by atoms with Gasteiger partial charge in [-0.05, 0) is 32.8 Å². The van der Waals surface area contributed by atoms with Crippen LogP contribution in [0.1, 0.15) is 31.5 Å². The van der Waals surface area contributed by atoms with Gasteiger partial charge in [-0.3, -0.25) is 0 Å². The Morgan fingerprint density at radius 1 is 1.40 bits per heavy atom. The normalized spacial score (nSPS) is 15.5. The summed E-state index contributed by atoms with van der Waals surface area (Å²) in [5.41, 5.74) is 5.73. The molecule has 0 aromatic carbocycles. The minimum absolute atomic E-state index is 1.05. The lowest BCUT2D eigenvalue weighted by Crippen LogP contribution is -2.05. The molecule has 0 amide bonds. The molecule has 3 rings (SSSR count). The maximum atomic E-state index is 3.34. The molecule has 1 N–H and O–H groups in total. The number of aromatic amines is 1. The van der Waals surface area contributed by atoms with E-state index in [-0.39, 0.29) is 0 Å². The summed E-state index contributed by atoms with van der Waals surface area (Å²) in [4.78, 5) is 3.34. The van der Waals surface area contributed by atoms with Crippen molar-refractivity contribution in [3.05, 3.63) is 29.1 Å². The van der Waals surface area contributed by atoms with Crippen molar-refractivity contribution in [1.29, 1.82) is 0 Å². The topological polar surface area (TPSA) is 20.7 Å². The van der Waals surface area contributed by atoms with E-state index in [2.05, 4.69) is 35.5 Å². The summed E-state index contributed by atoms with van der Waals surface area (Å²) in [6.07, 6.45) is 6.78. The molecule has 1 aliphatic carbocycles. The fraction of sp³-hybridized carbons (Fsp3) is 0.385. The molecule has 2 aromatic heterocycles. The SMILES string of the molecule is CCn1c2c(c3cc[nH]c31)C=C(C)CC2. The summed E-state index contributed by atoms with van der Waals surface area (Å²) >= 11 is 0. The van der Waals surface area contributed by atoms with Gasteiger partial charge in [0.2, 0.25) is 0 Å². The number of aromatic nitrogens is 2. The number of nitrogens with one attached hydrogen (secondary N) is 1. The number of fused-ring (bicyclic) bond motifs is 3. The van der Waals surface area contributed by atoms with E-state index in [0.29, 0.717) is 0 Å². The first-order valence-corrected chi connectivity index (χ1v) is 5.67. The second-order valence-electron chi connectivity index (χ2n) is 4.34. The second kappa shape index (κ2) is 3.02. The Hall–Kier alpha value is -1.44. The molecule has 15 heavy (non-hydrogen) atoms. The molecule has 2 heteroatoms. The molecule has 1 aliphatic rings. The van der Waals surface area contributed by atoms with E-state index in [1.54, 1.807) is 0 Å². The Morgan fingerprint density at radius 3 is 3.07 bits per heavy atom. The van der Waals surface area contributed by atoms with Gasteiger partial charge in [0.25, 0.3) is 0 Å². The van der Waals surface area contributed by atoms with E-state index >= 15 is 0 Å². The van der Waals surface area contributed by atoms with Crippen LogP contribution < -0.4 is 0 Å².